The summed E-state index contributed by atoms with van der Waals surface area (Å²) in [6.07, 6.45) is 6.75. The molecular weight excluding hydrogens is 400 g/mol. The van der Waals surface area contributed by atoms with Crippen molar-refractivity contribution in [3.05, 3.63) is 59.4 Å². The number of nitrogens with one attached hydrogen (secondary N) is 1. The highest BCUT2D eigenvalue weighted by molar-refractivity contribution is 7.89. The van der Waals surface area contributed by atoms with Crippen molar-refractivity contribution in [3.8, 4) is 17.1 Å². The highest BCUT2D eigenvalue weighted by atomic mass is 32.2. The van der Waals surface area contributed by atoms with E-state index in [0.29, 0.717) is 13.2 Å². The average molecular weight is 425 g/mol. The lowest BCUT2D eigenvalue weighted by molar-refractivity contribution is 0.356. The lowest BCUT2D eigenvalue weighted by atomic mass is 9.95. The second-order valence-corrected chi connectivity index (χ2v) is 9.45. The first-order chi connectivity index (χ1) is 14.6. The Kier molecular flexibility index (Phi) is 5.04. The van der Waals surface area contributed by atoms with Crippen LogP contribution in [0.5, 0.6) is 5.75 Å². The van der Waals surface area contributed by atoms with Crippen LogP contribution in [0.4, 0.5) is 0 Å². The summed E-state index contributed by atoms with van der Waals surface area (Å²) < 4.78 is 35.6. The zero-order valence-electron chi connectivity index (χ0n) is 16.7. The van der Waals surface area contributed by atoms with E-state index in [4.69, 9.17) is 9.84 Å². The molecule has 0 unspecified atom stereocenters. The molecule has 0 amide bonds. The molecule has 1 aliphatic carbocycles. The number of aromatic nitrogens is 3. The molecule has 0 atom stereocenters. The zero-order chi connectivity index (χ0) is 20.6. The maximum atomic E-state index is 12.7. The zero-order valence-corrected chi connectivity index (χ0v) is 17.5. The molecule has 0 spiro atoms. The van der Waals surface area contributed by atoms with E-state index < -0.39 is 10.0 Å². The molecule has 3 aromatic rings. The summed E-state index contributed by atoms with van der Waals surface area (Å²) in [5.41, 5.74) is 5.19. The molecule has 7 nitrogen and oxygen atoms in total. The van der Waals surface area contributed by atoms with E-state index in [0.717, 1.165) is 54.8 Å². The summed E-state index contributed by atoms with van der Waals surface area (Å²) in [7, 11) is -3.58. The Morgan fingerprint density at radius 1 is 1.10 bits per heavy atom. The lowest BCUT2D eigenvalue weighted by Gasteiger charge is -2.14. The summed E-state index contributed by atoms with van der Waals surface area (Å²) in [5, 5.41) is 4.80. The Bertz CT molecular complexity index is 1170. The van der Waals surface area contributed by atoms with Crippen molar-refractivity contribution in [2.75, 3.05) is 13.2 Å². The van der Waals surface area contributed by atoms with Gasteiger partial charge in [0.05, 0.1) is 23.7 Å². The van der Waals surface area contributed by atoms with Crippen molar-refractivity contribution in [2.24, 2.45) is 0 Å². The van der Waals surface area contributed by atoms with Crippen LogP contribution >= 0.6 is 0 Å². The van der Waals surface area contributed by atoms with Gasteiger partial charge in [-0.15, -0.1) is 0 Å². The topological polar surface area (TPSA) is 86.1 Å². The van der Waals surface area contributed by atoms with E-state index in [-0.39, 0.29) is 11.4 Å². The predicted octanol–water partition coefficient (Wildman–Crippen LogP) is 2.74. The summed E-state index contributed by atoms with van der Waals surface area (Å²) >= 11 is 0. The predicted molar refractivity (Wildman–Crippen MR) is 113 cm³/mol. The van der Waals surface area contributed by atoms with Crippen LogP contribution in [0.15, 0.2) is 47.5 Å². The SMILES string of the molecule is O=S(=O)(NCCn1nc(-c2ccccn2)c2c1CCCC2)c1ccc2c(c1)CCO2. The minimum atomic E-state index is -3.58. The Balaban J connectivity index is 1.34. The lowest BCUT2D eigenvalue weighted by Crippen LogP contribution is -2.28. The standard InChI is InChI=1S/C22H24N4O3S/c27-30(28,17-8-9-21-16(15-17)10-14-29-21)24-12-13-26-20-7-2-1-5-18(20)22(25-26)19-6-3-4-11-23-19/h3-4,6,8-9,11,15,24H,1-2,5,7,10,12-14H2. The third kappa shape index (κ3) is 3.61. The van der Waals surface area contributed by atoms with Crippen LogP contribution in [0.25, 0.3) is 11.4 Å². The van der Waals surface area contributed by atoms with Crippen LogP contribution in [0.2, 0.25) is 0 Å². The van der Waals surface area contributed by atoms with E-state index in [1.165, 1.54) is 11.3 Å². The molecule has 1 N–H and O–H groups in total. The summed E-state index contributed by atoms with van der Waals surface area (Å²) in [5.74, 6) is 0.777. The van der Waals surface area contributed by atoms with Gasteiger partial charge in [0.1, 0.15) is 11.4 Å². The second kappa shape index (κ2) is 7.85. The first-order valence-corrected chi connectivity index (χ1v) is 11.9. The van der Waals surface area contributed by atoms with Crippen molar-refractivity contribution in [1.29, 1.82) is 0 Å². The highest BCUT2D eigenvalue weighted by Crippen LogP contribution is 2.30. The maximum absolute atomic E-state index is 12.7. The van der Waals surface area contributed by atoms with E-state index in [2.05, 4.69) is 9.71 Å². The molecular formula is C22H24N4O3S. The molecule has 0 bridgehead atoms. The van der Waals surface area contributed by atoms with Crippen LogP contribution in [-0.4, -0.2) is 36.3 Å². The van der Waals surface area contributed by atoms with Gasteiger partial charge in [-0.3, -0.25) is 9.67 Å². The van der Waals surface area contributed by atoms with Gasteiger partial charge in [0.15, 0.2) is 0 Å². The Hall–Kier alpha value is -2.71. The monoisotopic (exact) mass is 424 g/mol. The number of sulfonamides is 1. The molecule has 8 heteroatoms. The maximum Gasteiger partial charge on any atom is 0.240 e. The van der Waals surface area contributed by atoms with E-state index in [9.17, 15) is 8.42 Å². The molecule has 0 radical (unpaired) electrons. The normalized spacial score (nSPS) is 15.5. The number of rotatable bonds is 6. The molecule has 0 saturated carbocycles. The summed E-state index contributed by atoms with van der Waals surface area (Å²) in [6.45, 7) is 1.38. The largest absolute Gasteiger partial charge is 0.493 e. The van der Waals surface area contributed by atoms with Crippen molar-refractivity contribution in [2.45, 2.75) is 43.5 Å². The Morgan fingerprint density at radius 3 is 2.87 bits per heavy atom. The molecule has 3 heterocycles. The minimum Gasteiger partial charge on any atom is -0.493 e. The van der Waals surface area contributed by atoms with Gasteiger partial charge in [-0.05, 0) is 61.6 Å². The quantitative estimate of drug-likeness (QED) is 0.658. The molecule has 1 aliphatic heterocycles. The molecule has 2 aromatic heterocycles. The van der Waals surface area contributed by atoms with Gasteiger partial charge < -0.3 is 4.74 Å². The number of pyridine rings is 1. The second-order valence-electron chi connectivity index (χ2n) is 7.68. The number of ether oxygens (including phenoxy) is 1. The molecule has 156 valence electrons. The molecule has 0 saturated heterocycles. The van der Waals surface area contributed by atoms with Crippen LogP contribution < -0.4 is 9.46 Å². The van der Waals surface area contributed by atoms with Gasteiger partial charge in [-0.1, -0.05) is 6.07 Å². The third-order valence-electron chi connectivity index (χ3n) is 5.75. The van der Waals surface area contributed by atoms with E-state index in [1.54, 1.807) is 24.4 Å². The average Bonchev–Trinajstić information content (AvgIpc) is 3.39. The summed E-state index contributed by atoms with van der Waals surface area (Å²) in [4.78, 5) is 4.74. The fourth-order valence-corrected chi connectivity index (χ4v) is 5.33. The minimum absolute atomic E-state index is 0.281. The molecule has 5 rings (SSSR count). The number of hydrogen-bond acceptors (Lipinski definition) is 5. The van der Waals surface area contributed by atoms with Crippen molar-refractivity contribution in [3.63, 3.8) is 0 Å². The number of hydrogen-bond donors (Lipinski definition) is 1. The Labute approximate surface area is 176 Å². The van der Waals surface area contributed by atoms with Crippen molar-refractivity contribution < 1.29 is 13.2 Å². The number of fused-ring (bicyclic) bond motifs is 2. The van der Waals surface area contributed by atoms with Crippen LogP contribution in [0.1, 0.15) is 29.7 Å². The van der Waals surface area contributed by atoms with Gasteiger partial charge in [0.25, 0.3) is 0 Å². The summed E-state index contributed by atoms with van der Waals surface area (Å²) in [6, 6.07) is 10.9. The Morgan fingerprint density at radius 2 is 2.00 bits per heavy atom. The first kappa shape index (κ1) is 19.3. The molecule has 30 heavy (non-hydrogen) atoms. The fourth-order valence-electron chi connectivity index (χ4n) is 4.26. The van der Waals surface area contributed by atoms with E-state index in [1.807, 2.05) is 22.9 Å². The third-order valence-corrected chi connectivity index (χ3v) is 7.21. The van der Waals surface area contributed by atoms with Gasteiger partial charge in [0, 0.05) is 30.4 Å². The van der Waals surface area contributed by atoms with Crippen LogP contribution in [-0.2, 0) is 35.8 Å². The van der Waals surface area contributed by atoms with Gasteiger partial charge in [0.2, 0.25) is 10.0 Å². The fraction of sp³-hybridized carbons (Fsp3) is 0.364. The van der Waals surface area contributed by atoms with Gasteiger partial charge >= 0.3 is 0 Å². The van der Waals surface area contributed by atoms with Crippen LogP contribution in [0.3, 0.4) is 0 Å². The molecule has 2 aliphatic rings. The smallest absolute Gasteiger partial charge is 0.240 e. The number of nitrogens with zero attached hydrogens (tertiary/aromatic N) is 3. The van der Waals surface area contributed by atoms with Crippen molar-refractivity contribution in [1.82, 2.24) is 19.5 Å². The van der Waals surface area contributed by atoms with Gasteiger partial charge in [-0.2, -0.15) is 5.10 Å². The molecule has 0 fully saturated rings. The van der Waals surface area contributed by atoms with Gasteiger partial charge in [-0.25, -0.2) is 13.1 Å². The first-order valence-electron chi connectivity index (χ1n) is 10.4. The number of benzene rings is 1. The van der Waals surface area contributed by atoms with E-state index >= 15 is 0 Å². The highest BCUT2D eigenvalue weighted by Gasteiger charge is 2.23. The van der Waals surface area contributed by atoms with Crippen LogP contribution in [0, 0.1) is 0 Å². The molecule has 1 aromatic carbocycles. The van der Waals surface area contributed by atoms with Crippen molar-refractivity contribution >= 4 is 10.0 Å².